The molecule has 1 aromatic carbocycles. The Hall–Kier alpha value is -2.41. The van der Waals surface area contributed by atoms with Crippen molar-refractivity contribution in [1.82, 2.24) is 9.88 Å². The van der Waals surface area contributed by atoms with E-state index in [0.717, 1.165) is 36.6 Å². The number of ether oxygens (including phenoxy) is 2. The number of aromatic nitrogens is 1. The van der Waals surface area contributed by atoms with Crippen LogP contribution in [0.25, 0.3) is 0 Å². The van der Waals surface area contributed by atoms with Gasteiger partial charge in [0.15, 0.2) is 6.61 Å². The molecule has 0 N–H and O–H groups in total. The normalized spacial score (nSPS) is 16.8. The van der Waals surface area contributed by atoms with Crippen molar-refractivity contribution in [2.75, 3.05) is 19.7 Å². The summed E-state index contributed by atoms with van der Waals surface area (Å²) in [6.07, 6.45) is 2.14. The summed E-state index contributed by atoms with van der Waals surface area (Å²) in [6, 6.07) is 6.70. The summed E-state index contributed by atoms with van der Waals surface area (Å²) in [5.74, 6) is 0.512. The number of amides is 1. The second kappa shape index (κ2) is 8.99. The molecule has 0 saturated carbocycles. The van der Waals surface area contributed by atoms with Crippen LogP contribution in [0.3, 0.4) is 0 Å². The van der Waals surface area contributed by atoms with Crippen molar-refractivity contribution in [3.05, 3.63) is 45.9 Å². The quantitative estimate of drug-likeness (QED) is 0.709. The van der Waals surface area contributed by atoms with Crippen LogP contribution in [-0.2, 0) is 16.1 Å². The molecular weight excluding hydrogens is 364 g/mol. The van der Waals surface area contributed by atoms with Crippen LogP contribution >= 0.6 is 11.3 Å². The fraction of sp³-hybridized carbons (Fsp3) is 0.450. The molecule has 1 aliphatic rings. The Balaban J connectivity index is 1.46. The van der Waals surface area contributed by atoms with Crippen molar-refractivity contribution in [2.45, 2.75) is 33.3 Å². The smallest absolute Gasteiger partial charge is 0.338 e. The number of likely N-dealkylation sites (tertiary alicyclic amines) is 1. The Labute approximate surface area is 163 Å². The summed E-state index contributed by atoms with van der Waals surface area (Å²) in [5, 5.41) is 2.96. The lowest BCUT2D eigenvalue weighted by Crippen LogP contribution is -2.41. The van der Waals surface area contributed by atoms with Crippen molar-refractivity contribution >= 4 is 23.2 Å². The maximum Gasteiger partial charge on any atom is 0.338 e. The van der Waals surface area contributed by atoms with Gasteiger partial charge >= 0.3 is 5.97 Å². The predicted octanol–water partition coefficient (Wildman–Crippen LogP) is 3.45. The summed E-state index contributed by atoms with van der Waals surface area (Å²) in [6.45, 7) is 5.73. The molecule has 27 heavy (non-hydrogen) atoms. The van der Waals surface area contributed by atoms with Crippen LogP contribution in [0.15, 0.2) is 29.6 Å². The van der Waals surface area contributed by atoms with Crippen LogP contribution < -0.4 is 4.74 Å². The van der Waals surface area contributed by atoms with E-state index in [0.29, 0.717) is 23.8 Å². The number of benzene rings is 1. The van der Waals surface area contributed by atoms with Crippen LogP contribution in [0.4, 0.5) is 0 Å². The van der Waals surface area contributed by atoms with Crippen LogP contribution in [0.1, 0.15) is 40.8 Å². The Morgan fingerprint density at radius 1 is 1.30 bits per heavy atom. The van der Waals surface area contributed by atoms with Gasteiger partial charge in [0, 0.05) is 18.5 Å². The standard InChI is InChI=1S/C20H24N2O4S/c1-14-4-3-9-22(10-14)19(23)12-26-20(24)16-5-7-18(8-6-16)25-11-17-13-27-15(2)21-17/h5-8,13-14H,3-4,9-12H2,1-2H3/t14-/m1/s1. The van der Waals surface area contributed by atoms with Crippen molar-refractivity contribution in [2.24, 2.45) is 5.92 Å². The lowest BCUT2D eigenvalue weighted by molar-refractivity contribution is -0.136. The molecule has 3 rings (SSSR count). The van der Waals surface area contributed by atoms with E-state index in [4.69, 9.17) is 9.47 Å². The molecule has 2 heterocycles. The molecule has 144 valence electrons. The highest BCUT2D eigenvalue weighted by atomic mass is 32.1. The van der Waals surface area contributed by atoms with Gasteiger partial charge < -0.3 is 14.4 Å². The third-order valence-corrected chi connectivity index (χ3v) is 5.30. The first-order valence-corrected chi connectivity index (χ1v) is 9.98. The van der Waals surface area contributed by atoms with Crippen LogP contribution in [0.5, 0.6) is 5.75 Å². The third-order valence-electron chi connectivity index (χ3n) is 4.48. The topological polar surface area (TPSA) is 68.7 Å². The number of carbonyl (C=O) groups is 2. The van der Waals surface area contributed by atoms with Gasteiger partial charge in [0.05, 0.1) is 16.3 Å². The number of hydrogen-bond donors (Lipinski definition) is 0. The van der Waals surface area contributed by atoms with Crippen molar-refractivity contribution < 1.29 is 19.1 Å². The minimum atomic E-state index is -0.505. The fourth-order valence-electron chi connectivity index (χ4n) is 3.04. The molecule has 1 saturated heterocycles. The fourth-order valence-corrected chi connectivity index (χ4v) is 3.63. The zero-order valence-corrected chi connectivity index (χ0v) is 16.5. The zero-order chi connectivity index (χ0) is 19.2. The molecule has 1 aliphatic heterocycles. The molecule has 0 spiro atoms. The van der Waals surface area contributed by atoms with Gasteiger partial charge in [-0.25, -0.2) is 9.78 Å². The van der Waals surface area contributed by atoms with Gasteiger partial charge in [-0.05, 0) is 49.9 Å². The lowest BCUT2D eigenvalue weighted by atomic mass is 10.0. The number of carbonyl (C=O) groups excluding carboxylic acids is 2. The number of aryl methyl sites for hydroxylation is 1. The lowest BCUT2D eigenvalue weighted by Gasteiger charge is -2.30. The molecule has 1 fully saturated rings. The van der Waals surface area contributed by atoms with E-state index in [1.54, 1.807) is 40.5 Å². The number of esters is 1. The van der Waals surface area contributed by atoms with Crippen LogP contribution in [0, 0.1) is 12.8 Å². The second-order valence-electron chi connectivity index (χ2n) is 6.83. The molecule has 0 aliphatic carbocycles. The summed E-state index contributed by atoms with van der Waals surface area (Å²) in [5.41, 5.74) is 1.28. The molecule has 1 amide bonds. The van der Waals surface area contributed by atoms with E-state index >= 15 is 0 Å². The molecule has 1 aromatic heterocycles. The maximum atomic E-state index is 12.2. The first-order valence-electron chi connectivity index (χ1n) is 9.10. The number of rotatable bonds is 6. The highest BCUT2D eigenvalue weighted by Crippen LogP contribution is 2.17. The Bertz CT molecular complexity index is 788. The minimum Gasteiger partial charge on any atom is -0.487 e. The van der Waals surface area contributed by atoms with Gasteiger partial charge in [-0.15, -0.1) is 11.3 Å². The Morgan fingerprint density at radius 2 is 2.07 bits per heavy atom. The van der Waals surface area contributed by atoms with Crippen molar-refractivity contribution in [3.8, 4) is 5.75 Å². The Morgan fingerprint density at radius 3 is 2.74 bits per heavy atom. The first kappa shape index (κ1) is 19.4. The molecular formula is C20H24N2O4S. The van der Waals surface area contributed by atoms with Crippen molar-refractivity contribution in [1.29, 1.82) is 0 Å². The molecule has 0 bridgehead atoms. The molecule has 1 atom stereocenters. The van der Waals surface area contributed by atoms with E-state index < -0.39 is 5.97 Å². The average molecular weight is 388 g/mol. The number of hydrogen-bond acceptors (Lipinski definition) is 6. The van der Waals surface area contributed by atoms with Gasteiger partial charge in [0.2, 0.25) is 0 Å². The van der Waals surface area contributed by atoms with E-state index in [2.05, 4.69) is 11.9 Å². The maximum absolute atomic E-state index is 12.2. The third kappa shape index (κ3) is 5.53. The number of piperidine rings is 1. The van der Waals surface area contributed by atoms with E-state index in [1.807, 2.05) is 12.3 Å². The SMILES string of the molecule is Cc1nc(COc2ccc(C(=O)OCC(=O)N3CCC[C@@H](C)C3)cc2)cs1. The summed E-state index contributed by atoms with van der Waals surface area (Å²) in [4.78, 5) is 30.4. The van der Waals surface area contributed by atoms with Gasteiger partial charge in [-0.2, -0.15) is 0 Å². The largest absolute Gasteiger partial charge is 0.487 e. The van der Waals surface area contributed by atoms with E-state index in [9.17, 15) is 9.59 Å². The van der Waals surface area contributed by atoms with Gasteiger partial charge in [-0.3, -0.25) is 4.79 Å². The summed E-state index contributed by atoms with van der Waals surface area (Å²) >= 11 is 1.58. The summed E-state index contributed by atoms with van der Waals surface area (Å²) < 4.78 is 10.8. The number of thiazole rings is 1. The zero-order valence-electron chi connectivity index (χ0n) is 15.6. The van der Waals surface area contributed by atoms with Crippen LogP contribution in [-0.4, -0.2) is 41.5 Å². The predicted molar refractivity (Wildman–Crippen MR) is 103 cm³/mol. The molecule has 2 aromatic rings. The highest BCUT2D eigenvalue weighted by Gasteiger charge is 2.22. The summed E-state index contributed by atoms with van der Waals surface area (Å²) in [7, 11) is 0. The molecule has 6 nitrogen and oxygen atoms in total. The van der Waals surface area contributed by atoms with E-state index in [1.165, 1.54) is 0 Å². The van der Waals surface area contributed by atoms with Crippen molar-refractivity contribution in [3.63, 3.8) is 0 Å². The van der Waals surface area contributed by atoms with Gasteiger partial charge in [0.1, 0.15) is 12.4 Å². The van der Waals surface area contributed by atoms with Gasteiger partial charge in [-0.1, -0.05) is 6.92 Å². The van der Waals surface area contributed by atoms with Crippen LogP contribution in [0.2, 0.25) is 0 Å². The van der Waals surface area contributed by atoms with Gasteiger partial charge in [0.25, 0.3) is 5.91 Å². The van der Waals surface area contributed by atoms with E-state index in [-0.39, 0.29) is 12.5 Å². The Kier molecular flexibility index (Phi) is 6.45. The average Bonchev–Trinajstić information content (AvgIpc) is 3.10. The molecule has 0 radical (unpaired) electrons. The first-order chi connectivity index (χ1) is 13.0. The minimum absolute atomic E-state index is 0.131. The monoisotopic (exact) mass is 388 g/mol. The number of nitrogens with zero attached hydrogens (tertiary/aromatic N) is 2. The highest BCUT2D eigenvalue weighted by molar-refractivity contribution is 7.09. The molecule has 7 heteroatoms. The molecule has 0 unspecified atom stereocenters. The second-order valence-corrected chi connectivity index (χ2v) is 7.90.